The van der Waals surface area contributed by atoms with E-state index in [0.29, 0.717) is 31.2 Å². The zero-order valence-corrected chi connectivity index (χ0v) is 14.5. The highest BCUT2D eigenvalue weighted by Gasteiger charge is 2.25. The van der Waals surface area contributed by atoms with E-state index in [9.17, 15) is 9.59 Å². The van der Waals surface area contributed by atoms with Gasteiger partial charge in [0.25, 0.3) is 0 Å². The number of hydrogen-bond donors (Lipinski definition) is 1. The zero-order valence-electron chi connectivity index (χ0n) is 13.6. The van der Waals surface area contributed by atoms with Crippen molar-refractivity contribution < 1.29 is 14.3 Å². The molecule has 1 N–H and O–H groups in total. The Morgan fingerprint density at radius 2 is 2.05 bits per heavy atom. The molecular weight excluding hydrogens is 300 g/mol. The molecule has 5 nitrogen and oxygen atoms in total. The Hall–Kier alpha value is -1.40. The normalized spacial score (nSPS) is 17.2. The monoisotopic (exact) mass is 324 g/mol. The number of nitrogens with one attached hydrogen (secondary N) is 1. The number of carbonyl (C=O) groups excluding carboxylic acids is 2. The Morgan fingerprint density at radius 3 is 2.59 bits per heavy atom. The minimum Gasteiger partial charge on any atom is -0.378 e. The van der Waals surface area contributed by atoms with E-state index < -0.39 is 0 Å². The van der Waals surface area contributed by atoms with Crippen molar-refractivity contribution in [2.75, 3.05) is 31.6 Å². The lowest BCUT2D eigenvalue weighted by Gasteiger charge is -2.29. The molecular formula is C16H24N2O3S. The van der Waals surface area contributed by atoms with Crippen molar-refractivity contribution in [2.24, 2.45) is 0 Å². The lowest BCUT2D eigenvalue weighted by molar-refractivity contribution is -0.135. The van der Waals surface area contributed by atoms with Gasteiger partial charge < -0.3 is 15.0 Å². The first-order valence-electron chi connectivity index (χ1n) is 7.55. The molecule has 22 heavy (non-hydrogen) atoms. The third-order valence-electron chi connectivity index (χ3n) is 3.67. The Bertz CT molecular complexity index is 542. The van der Waals surface area contributed by atoms with E-state index in [1.165, 1.54) is 11.3 Å². The summed E-state index contributed by atoms with van der Waals surface area (Å²) in [6.07, 6.45) is 0.855. The Morgan fingerprint density at radius 1 is 1.41 bits per heavy atom. The highest BCUT2D eigenvalue weighted by Crippen LogP contribution is 2.34. The first-order valence-corrected chi connectivity index (χ1v) is 8.37. The van der Waals surface area contributed by atoms with Crippen LogP contribution in [0.15, 0.2) is 6.07 Å². The van der Waals surface area contributed by atoms with Crippen molar-refractivity contribution in [2.45, 2.75) is 39.2 Å². The van der Waals surface area contributed by atoms with Crippen molar-refractivity contribution >= 4 is 29.2 Å². The van der Waals surface area contributed by atoms with Gasteiger partial charge in [0.15, 0.2) is 6.29 Å². The van der Waals surface area contributed by atoms with E-state index in [1.807, 2.05) is 13.0 Å². The Labute approximate surface area is 135 Å². The summed E-state index contributed by atoms with van der Waals surface area (Å²) in [6.45, 7) is 10.6. The Balaban J connectivity index is 2.10. The number of aldehydes is 1. The maximum absolute atomic E-state index is 12.4. The van der Waals surface area contributed by atoms with Gasteiger partial charge in [0, 0.05) is 18.0 Å². The maximum atomic E-state index is 12.4. The van der Waals surface area contributed by atoms with Gasteiger partial charge in [-0.3, -0.25) is 9.59 Å². The highest BCUT2D eigenvalue weighted by molar-refractivity contribution is 7.14. The molecule has 1 fully saturated rings. The number of hydrogen-bond acceptors (Lipinski definition) is 5. The average Bonchev–Trinajstić information content (AvgIpc) is 2.90. The standard InChI is InChI=1S/C16H24N2O3S/c1-11(15(20)18-5-7-21-8-6-18)17-12-9-14(16(2,3)4)22-13(12)10-19/h9-11,17H,5-8H2,1-4H3/t11-/m0/s1. The van der Waals surface area contributed by atoms with Crippen molar-refractivity contribution in [3.8, 4) is 0 Å². The van der Waals surface area contributed by atoms with Crippen molar-refractivity contribution in [3.63, 3.8) is 0 Å². The second-order valence-electron chi connectivity index (χ2n) is 6.56. The number of morpholine rings is 1. The predicted octanol–water partition coefficient (Wildman–Crippen LogP) is 2.52. The molecule has 0 unspecified atom stereocenters. The molecule has 1 atom stereocenters. The summed E-state index contributed by atoms with van der Waals surface area (Å²) in [4.78, 5) is 27.3. The molecule has 0 radical (unpaired) electrons. The Kier molecular flexibility index (Phi) is 5.24. The lowest BCUT2D eigenvalue weighted by atomic mass is 9.94. The van der Waals surface area contributed by atoms with Crippen LogP contribution in [0.2, 0.25) is 0 Å². The van der Waals surface area contributed by atoms with Crippen LogP contribution in [0.4, 0.5) is 5.69 Å². The summed E-state index contributed by atoms with van der Waals surface area (Å²) in [7, 11) is 0. The van der Waals surface area contributed by atoms with Crippen LogP contribution in [0.5, 0.6) is 0 Å². The van der Waals surface area contributed by atoms with Gasteiger partial charge in [0.1, 0.15) is 6.04 Å². The van der Waals surface area contributed by atoms with Gasteiger partial charge in [-0.1, -0.05) is 20.8 Å². The number of nitrogens with zero attached hydrogens (tertiary/aromatic N) is 1. The summed E-state index contributed by atoms with van der Waals surface area (Å²) >= 11 is 1.48. The summed E-state index contributed by atoms with van der Waals surface area (Å²) < 4.78 is 5.27. The smallest absolute Gasteiger partial charge is 0.244 e. The van der Waals surface area contributed by atoms with Gasteiger partial charge in [0.05, 0.1) is 23.8 Å². The molecule has 0 saturated carbocycles. The van der Waals surface area contributed by atoms with E-state index in [0.717, 1.165) is 16.9 Å². The summed E-state index contributed by atoms with van der Waals surface area (Å²) in [6, 6.07) is 1.62. The van der Waals surface area contributed by atoms with Gasteiger partial charge in [-0.25, -0.2) is 0 Å². The fourth-order valence-electron chi connectivity index (χ4n) is 2.33. The quantitative estimate of drug-likeness (QED) is 0.865. The molecule has 122 valence electrons. The second kappa shape index (κ2) is 6.79. The fraction of sp³-hybridized carbons (Fsp3) is 0.625. The van der Waals surface area contributed by atoms with Crippen molar-refractivity contribution in [1.82, 2.24) is 4.90 Å². The molecule has 1 aliphatic rings. The molecule has 1 aromatic heterocycles. The molecule has 6 heteroatoms. The van der Waals surface area contributed by atoms with Gasteiger partial charge in [-0.2, -0.15) is 0 Å². The molecule has 1 amide bonds. The van der Waals surface area contributed by atoms with E-state index in [2.05, 4.69) is 26.1 Å². The number of thiophene rings is 1. The first-order chi connectivity index (χ1) is 10.3. The van der Waals surface area contributed by atoms with Crippen molar-refractivity contribution in [3.05, 3.63) is 15.8 Å². The first kappa shape index (κ1) is 17.0. The molecule has 2 heterocycles. The zero-order chi connectivity index (χ0) is 16.3. The topological polar surface area (TPSA) is 58.6 Å². The van der Waals surface area contributed by atoms with Gasteiger partial charge in [-0.05, 0) is 18.4 Å². The third kappa shape index (κ3) is 3.87. The molecule has 0 aliphatic carbocycles. The number of amides is 1. The number of anilines is 1. The molecule has 1 saturated heterocycles. The predicted molar refractivity (Wildman–Crippen MR) is 88.9 cm³/mol. The van der Waals surface area contributed by atoms with Crippen LogP contribution in [0.1, 0.15) is 42.2 Å². The molecule has 1 aromatic rings. The summed E-state index contributed by atoms with van der Waals surface area (Å²) in [5.74, 6) is 0.0451. The van der Waals surface area contributed by atoms with E-state index in [1.54, 1.807) is 4.90 Å². The van der Waals surface area contributed by atoms with Crippen LogP contribution in [0, 0.1) is 0 Å². The van der Waals surface area contributed by atoms with Crippen LogP contribution >= 0.6 is 11.3 Å². The fourth-order valence-corrected chi connectivity index (χ4v) is 3.32. The van der Waals surface area contributed by atoms with Crippen LogP contribution in [-0.4, -0.2) is 49.4 Å². The number of ether oxygens (including phenoxy) is 1. The number of rotatable bonds is 4. The summed E-state index contributed by atoms with van der Waals surface area (Å²) in [5, 5.41) is 3.20. The van der Waals surface area contributed by atoms with Gasteiger partial charge in [0.2, 0.25) is 5.91 Å². The maximum Gasteiger partial charge on any atom is 0.244 e. The van der Waals surface area contributed by atoms with Crippen molar-refractivity contribution in [1.29, 1.82) is 0 Å². The SMILES string of the molecule is C[C@H](Nc1cc(C(C)(C)C)sc1C=O)C(=O)N1CCOCC1. The van der Waals surface area contributed by atoms with Crippen LogP contribution in [-0.2, 0) is 14.9 Å². The van der Waals surface area contributed by atoms with Crippen LogP contribution in [0.3, 0.4) is 0 Å². The molecule has 0 bridgehead atoms. The largest absolute Gasteiger partial charge is 0.378 e. The third-order valence-corrected chi connectivity index (χ3v) is 5.16. The van der Waals surface area contributed by atoms with E-state index in [4.69, 9.17) is 4.74 Å². The lowest BCUT2D eigenvalue weighted by Crippen LogP contribution is -2.47. The molecule has 2 rings (SSSR count). The van der Waals surface area contributed by atoms with Crippen LogP contribution < -0.4 is 5.32 Å². The summed E-state index contributed by atoms with van der Waals surface area (Å²) in [5.41, 5.74) is 0.735. The molecule has 0 aromatic carbocycles. The minimum atomic E-state index is -0.362. The molecule has 0 spiro atoms. The van der Waals surface area contributed by atoms with E-state index in [-0.39, 0.29) is 17.4 Å². The highest BCUT2D eigenvalue weighted by atomic mass is 32.1. The average molecular weight is 324 g/mol. The number of carbonyl (C=O) groups is 2. The molecule has 1 aliphatic heterocycles. The van der Waals surface area contributed by atoms with Gasteiger partial charge in [-0.15, -0.1) is 11.3 Å². The minimum absolute atomic E-state index is 0.0141. The van der Waals surface area contributed by atoms with E-state index >= 15 is 0 Å². The van der Waals surface area contributed by atoms with Crippen LogP contribution in [0.25, 0.3) is 0 Å². The second-order valence-corrected chi connectivity index (χ2v) is 7.64. The van der Waals surface area contributed by atoms with Gasteiger partial charge >= 0.3 is 0 Å².